The zero-order chi connectivity index (χ0) is 16.2. The number of hydrogen-bond acceptors (Lipinski definition) is 3. The maximum atomic E-state index is 13.1. The third kappa shape index (κ3) is 3.35. The molecule has 23 heavy (non-hydrogen) atoms. The van der Waals surface area contributed by atoms with Crippen molar-refractivity contribution in [2.75, 3.05) is 10.7 Å². The Kier molecular flexibility index (Phi) is 4.57. The molecule has 0 bridgehead atoms. The normalized spacial score (nSPS) is 16.1. The summed E-state index contributed by atoms with van der Waals surface area (Å²) < 4.78 is 13.1. The Hall–Kier alpha value is -2.40. The van der Waals surface area contributed by atoms with E-state index in [-0.39, 0.29) is 11.7 Å². The quantitative estimate of drug-likeness (QED) is 0.787. The van der Waals surface area contributed by atoms with E-state index in [1.54, 1.807) is 18.2 Å². The molecule has 0 unspecified atom stereocenters. The van der Waals surface area contributed by atoms with E-state index < -0.39 is 0 Å². The molecule has 2 aromatic rings. The van der Waals surface area contributed by atoms with Crippen LogP contribution >= 0.6 is 11.8 Å². The lowest BCUT2D eigenvalue weighted by molar-refractivity contribution is -0.113. The van der Waals surface area contributed by atoms with Crippen LogP contribution in [0.1, 0.15) is 12.5 Å². The fourth-order valence-electron chi connectivity index (χ4n) is 2.25. The van der Waals surface area contributed by atoms with Gasteiger partial charge in [0, 0.05) is 0 Å². The summed E-state index contributed by atoms with van der Waals surface area (Å²) in [6, 6.07) is 15.4. The van der Waals surface area contributed by atoms with Gasteiger partial charge in [-0.25, -0.2) is 9.38 Å². The smallest absolute Gasteiger partial charge is 0.266 e. The van der Waals surface area contributed by atoms with Crippen LogP contribution in [0.3, 0.4) is 0 Å². The minimum absolute atomic E-state index is 0.198. The van der Waals surface area contributed by atoms with Crippen LogP contribution < -0.4 is 4.90 Å². The first-order chi connectivity index (χ1) is 11.2. The molecule has 1 amide bonds. The molecule has 3 rings (SSSR count). The van der Waals surface area contributed by atoms with Crippen LogP contribution in [-0.2, 0) is 4.79 Å². The standard InChI is InChI=1S/C18H15FN2OS/c1-2-23-18-20-16(12-13-6-4-3-5-7-13)17(22)21(18)15-10-8-14(19)9-11-15/h3-12H,2H2,1H3/b16-12+. The number of benzene rings is 2. The largest absolute Gasteiger partial charge is 0.283 e. The van der Waals surface area contributed by atoms with E-state index >= 15 is 0 Å². The Labute approximate surface area is 138 Å². The van der Waals surface area contributed by atoms with Crippen LogP contribution in [0.2, 0.25) is 0 Å². The van der Waals surface area contributed by atoms with Crippen molar-refractivity contribution in [2.45, 2.75) is 6.92 Å². The molecule has 0 N–H and O–H groups in total. The van der Waals surface area contributed by atoms with Gasteiger partial charge in [-0.2, -0.15) is 0 Å². The molecule has 0 fully saturated rings. The topological polar surface area (TPSA) is 32.7 Å². The van der Waals surface area contributed by atoms with Crippen LogP contribution in [0.5, 0.6) is 0 Å². The van der Waals surface area contributed by atoms with Crippen molar-refractivity contribution in [3.63, 3.8) is 0 Å². The van der Waals surface area contributed by atoms with Crippen molar-refractivity contribution < 1.29 is 9.18 Å². The highest BCUT2D eigenvalue weighted by Gasteiger charge is 2.31. The van der Waals surface area contributed by atoms with E-state index in [1.165, 1.54) is 28.8 Å². The first-order valence-electron chi connectivity index (χ1n) is 7.27. The van der Waals surface area contributed by atoms with Crippen molar-refractivity contribution in [3.05, 3.63) is 71.7 Å². The van der Waals surface area contributed by atoms with Gasteiger partial charge in [-0.15, -0.1) is 0 Å². The number of amides is 1. The Bertz CT molecular complexity index is 769. The van der Waals surface area contributed by atoms with Crippen LogP contribution in [0.15, 0.2) is 65.3 Å². The Morgan fingerprint density at radius 2 is 1.83 bits per heavy atom. The third-order valence-corrected chi connectivity index (χ3v) is 4.11. The molecule has 0 saturated carbocycles. The summed E-state index contributed by atoms with van der Waals surface area (Å²) >= 11 is 1.48. The number of hydrogen-bond donors (Lipinski definition) is 0. The predicted octanol–water partition coefficient (Wildman–Crippen LogP) is 4.32. The molecular weight excluding hydrogens is 311 g/mol. The fraction of sp³-hybridized carbons (Fsp3) is 0.111. The van der Waals surface area contributed by atoms with Gasteiger partial charge in [0.2, 0.25) is 0 Å². The highest BCUT2D eigenvalue weighted by molar-refractivity contribution is 8.14. The maximum Gasteiger partial charge on any atom is 0.283 e. The highest BCUT2D eigenvalue weighted by atomic mass is 32.2. The Morgan fingerprint density at radius 1 is 1.13 bits per heavy atom. The SMILES string of the molecule is CCSC1=N/C(=C/c2ccccc2)C(=O)N1c1ccc(F)cc1. The van der Waals surface area contributed by atoms with Crippen molar-refractivity contribution in [2.24, 2.45) is 4.99 Å². The molecule has 0 radical (unpaired) electrons. The number of anilines is 1. The van der Waals surface area contributed by atoms with E-state index in [9.17, 15) is 9.18 Å². The molecule has 0 saturated heterocycles. The number of thioether (sulfide) groups is 1. The van der Waals surface area contributed by atoms with Gasteiger partial charge in [0.25, 0.3) is 5.91 Å². The van der Waals surface area contributed by atoms with Crippen LogP contribution in [0.25, 0.3) is 6.08 Å². The molecule has 116 valence electrons. The zero-order valence-corrected chi connectivity index (χ0v) is 13.4. The summed E-state index contributed by atoms with van der Waals surface area (Å²) in [6.45, 7) is 2.00. The number of nitrogens with zero attached hydrogens (tertiary/aromatic N) is 2. The van der Waals surface area contributed by atoms with E-state index in [2.05, 4.69) is 4.99 Å². The number of carbonyl (C=O) groups is 1. The average Bonchev–Trinajstić information content (AvgIpc) is 2.86. The van der Waals surface area contributed by atoms with E-state index in [4.69, 9.17) is 0 Å². The summed E-state index contributed by atoms with van der Waals surface area (Å²) in [5.74, 6) is 0.265. The first-order valence-corrected chi connectivity index (χ1v) is 8.26. The second kappa shape index (κ2) is 6.79. The second-order valence-electron chi connectivity index (χ2n) is 4.88. The Morgan fingerprint density at radius 3 is 2.48 bits per heavy atom. The molecule has 0 aliphatic carbocycles. The molecule has 1 aliphatic rings. The molecule has 0 aromatic heterocycles. The van der Waals surface area contributed by atoms with Crippen LogP contribution in [-0.4, -0.2) is 16.8 Å². The average molecular weight is 326 g/mol. The van der Waals surface area contributed by atoms with E-state index in [1.807, 2.05) is 37.3 Å². The van der Waals surface area contributed by atoms with Gasteiger partial charge in [-0.3, -0.25) is 9.69 Å². The van der Waals surface area contributed by atoms with E-state index in [0.29, 0.717) is 16.6 Å². The third-order valence-electron chi connectivity index (χ3n) is 3.29. The molecule has 0 spiro atoms. The highest BCUT2D eigenvalue weighted by Crippen LogP contribution is 2.29. The summed E-state index contributed by atoms with van der Waals surface area (Å²) in [5, 5.41) is 0.617. The first kappa shape index (κ1) is 15.5. The lowest BCUT2D eigenvalue weighted by Gasteiger charge is -2.17. The Balaban J connectivity index is 1.98. The summed E-state index contributed by atoms with van der Waals surface area (Å²) in [6.07, 6.45) is 1.77. The predicted molar refractivity (Wildman–Crippen MR) is 93.9 cm³/mol. The molecule has 3 nitrogen and oxygen atoms in total. The van der Waals surface area contributed by atoms with Gasteiger partial charge in [-0.1, -0.05) is 49.0 Å². The number of aliphatic imine (C=N–C) groups is 1. The lowest BCUT2D eigenvalue weighted by atomic mass is 10.2. The molecule has 5 heteroatoms. The molecule has 0 atom stereocenters. The van der Waals surface area contributed by atoms with Gasteiger partial charge in [0.1, 0.15) is 11.5 Å². The van der Waals surface area contributed by atoms with Crippen LogP contribution in [0.4, 0.5) is 10.1 Å². The van der Waals surface area contributed by atoms with Crippen molar-refractivity contribution >= 4 is 34.6 Å². The minimum atomic E-state index is -0.331. The summed E-state index contributed by atoms with van der Waals surface area (Å²) in [5.41, 5.74) is 1.92. The molecule has 1 aliphatic heterocycles. The summed E-state index contributed by atoms with van der Waals surface area (Å²) in [4.78, 5) is 18.7. The van der Waals surface area contributed by atoms with Crippen molar-refractivity contribution in [1.82, 2.24) is 0 Å². The molecule has 2 aromatic carbocycles. The van der Waals surface area contributed by atoms with E-state index in [0.717, 1.165) is 11.3 Å². The maximum absolute atomic E-state index is 13.1. The van der Waals surface area contributed by atoms with Gasteiger partial charge in [0.05, 0.1) is 5.69 Å². The second-order valence-corrected chi connectivity index (χ2v) is 6.12. The van der Waals surface area contributed by atoms with Crippen molar-refractivity contribution in [3.8, 4) is 0 Å². The van der Waals surface area contributed by atoms with Gasteiger partial charge in [0.15, 0.2) is 5.17 Å². The fourth-order valence-corrected chi connectivity index (χ4v) is 2.99. The summed E-state index contributed by atoms with van der Waals surface area (Å²) in [7, 11) is 0. The van der Waals surface area contributed by atoms with Gasteiger partial charge >= 0.3 is 0 Å². The lowest BCUT2D eigenvalue weighted by Crippen LogP contribution is -2.30. The number of amidine groups is 1. The monoisotopic (exact) mass is 326 g/mol. The minimum Gasteiger partial charge on any atom is -0.266 e. The number of rotatable bonds is 3. The number of carbonyl (C=O) groups excluding carboxylic acids is 1. The number of halogens is 1. The van der Waals surface area contributed by atoms with Gasteiger partial charge < -0.3 is 0 Å². The molecular formula is C18H15FN2OS. The van der Waals surface area contributed by atoms with Crippen molar-refractivity contribution in [1.29, 1.82) is 0 Å². The van der Waals surface area contributed by atoms with Gasteiger partial charge in [-0.05, 0) is 41.7 Å². The van der Waals surface area contributed by atoms with Crippen LogP contribution in [0, 0.1) is 5.82 Å². The zero-order valence-electron chi connectivity index (χ0n) is 12.6. The molecule has 1 heterocycles.